The fourth-order valence-electron chi connectivity index (χ4n) is 2.76. The molecule has 2 heterocycles. The Hall–Kier alpha value is -3.25. The highest BCUT2D eigenvalue weighted by atomic mass is 32.2. The third-order valence-electron chi connectivity index (χ3n) is 4.12. The average Bonchev–Trinajstić information content (AvgIpc) is 3.42. The van der Waals surface area contributed by atoms with Gasteiger partial charge in [0.1, 0.15) is 5.75 Å². The SMILES string of the molecule is COc1ccc(-n2c(SC/C=C/c3ccccc3)nnc2-c2ccco2)cc1. The Morgan fingerprint density at radius 2 is 1.82 bits per heavy atom. The van der Waals surface area contributed by atoms with Crippen LogP contribution in [0.3, 0.4) is 0 Å². The number of nitrogens with zero attached hydrogens (tertiary/aromatic N) is 3. The van der Waals surface area contributed by atoms with E-state index in [-0.39, 0.29) is 0 Å². The molecule has 0 fully saturated rings. The lowest BCUT2D eigenvalue weighted by Gasteiger charge is -2.09. The van der Waals surface area contributed by atoms with Crippen molar-refractivity contribution in [1.82, 2.24) is 14.8 Å². The van der Waals surface area contributed by atoms with E-state index in [2.05, 4.69) is 34.5 Å². The van der Waals surface area contributed by atoms with Crippen LogP contribution in [0, 0.1) is 0 Å². The van der Waals surface area contributed by atoms with E-state index >= 15 is 0 Å². The Kier molecular flexibility index (Phi) is 5.58. The molecular formula is C22H19N3O2S. The molecule has 0 radical (unpaired) electrons. The molecule has 28 heavy (non-hydrogen) atoms. The van der Waals surface area contributed by atoms with Crippen molar-refractivity contribution in [2.75, 3.05) is 12.9 Å². The van der Waals surface area contributed by atoms with Gasteiger partial charge in [0.25, 0.3) is 0 Å². The monoisotopic (exact) mass is 389 g/mol. The van der Waals surface area contributed by atoms with Gasteiger partial charge in [-0.1, -0.05) is 54.2 Å². The number of rotatable bonds is 7. The largest absolute Gasteiger partial charge is 0.497 e. The molecule has 140 valence electrons. The minimum absolute atomic E-state index is 0.671. The Labute approximate surface area is 167 Å². The first kappa shape index (κ1) is 18.1. The zero-order valence-electron chi connectivity index (χ0n) is 15.4. The fourth-order valence-corrected chi connectivity index (χ4v) is 3.52. The van der Waals surface area contributed by atoms with Crippen LogP contribution in [-0.2, 0) is 0 Å². The molecule has 0 aliphatic rings. The van der Waals surface area contributed by atoms with Crippen molar-refractivity contribution in [2.45, 2.75) is 5.16 Å². The van der Waals surface area contributed by atoms with Crippen LogP contribution >= 0.6 is 11.8 Å². The Bertz CT molecular complexity index is 1040. The number of furan rings is 1. The van der Waals surface area contributed by atoms with Crippen molar-refractivity contribution in [3.63, 3.8) is 0 Å². The summed E-state index contributed by atoms with van der Waals surface area (Å²) in [5, 5.41) is 9.54. The summed E-state index contributed by atoms with van der Waals surface area (Å²) in [4.78, 5) is 0. The first-order valence-electron chi connectivity index (χ1n) is 8.83. The zero-order valence-corrected chi connectivity index (χ0v) is 16.2. The quantitative estimate of drug-likeness (QED) is 0.399. The maximum absolute atomic E-state index is 5.55. The summed E-state index contributed by atoms with van der Waals surface area (Å²) in [6.07, 6.45) is 5.87. The highest BCUT2D eigenvalue weighted by molar-refractivity contribution is 7.99. The van der Waals surface area contributed by atoms with E-state index in [1.165, 1.54) is 5.56 Å². The highest BCUT2D eigenvalue weighted by Gasteiger charge is 2.17. The number of hydrogen-bond acceptors (Lipinski definition) is 5. The summed E-state index contributed by atoms with van der Waals surface area (Å²) in [5.41, 5.74) is 2.13. The van der Waals surface area contributed by atoms with Gasteiger partial charge >= 0.3 is 0 Å². The van der Waals surface area contributed by atoms with Crippen LogP contribution in [0.4, 0.5) is 0 Å². The molecule has 4 rings (SSSR count). The van der Waals surface area contributed by atoms with Gasteiger partial charge < -0.3 is 9.15 Å². The molecule has 0 saturated heterocycles. The Morgan fingerprint density at radius 1 is 1.00 bits per heavy atom. The van der Waals surface area contributed by atoms with Crippen LogP contribution < -0.4 is 4.74 Å². The molecule has 0 atom stereocenters. The lowest BCUT2D eigenvalue weighted by Crippen LogP contribution is -1.99. The molecule has 2 aromatic carbocycles. The van der Waals surface area contributed by atoms with Gasteiger partial charge in [0.05, 0.1) is 19.1 Å². The average molecular weight is 389 g/mol. The molecule has 0 saturated carbocycles. The molecule has 0 spiro atoms. The second-order valence-corrected chi connectivity index (χ2v) is 6.93. The van der Waals surface area contributed by atoms with Gasteiger partial charge in [-0.3, -0.25) is 4.57 Å². The van der Waals surface area contributed by atoms with Crippen LogP contribution in [0.1, 0.15) is 5.56 Å². The summed E-state index contributed by atoms with van der Waals surface area (Å²) in [6.45, 7) is 0. The number of hydrogen-bond donors (Lipinski definition) is 0. The normalized spacial score (nSPS) is 11.2. The third kappa shape index (κ3) is 4.02. The molecule has 0 bridgehead atoms. The van der Waals surface area contributed by atoms with Gasteiger partial charge in [-0.15, -0.1) is 10.2 Å². The number of thioether (sulfide) groups is 1. The molecule has 5 nitrogen and oxygen atoms in total. The van der Waals surface area contributed by atoms with Crippen LogP contribution in [0.15, 0.2) is 88.6 Å². The topological polar surface area (TPSA) is 53.1 Å². The smallest absolute Gasteiger partial charge is 0.205 e. The summed E-state index contributed by atoms with van der Waals surface area (Å²) >= 11 is 1.62. The van der Waals surface area contributed by atoms with Gasteiger partial charge in [0, 0.05) is 5.75 Å². The predicted octanol–water partition coefficient (Wildman–Crippen LogP) is 5.34. The van der Waals surface area contributed by atoms with Crippen LogP contribution in [-0.4, -0.2) is 27.6 Å². The molecular weight excluding hydrogens is 370 g/mol. The minimum Gasteiger partial charge on any atom is -0.497 e. The van der Waals surface area contributed by atoms with Crippen molar-refractivity contribution in [3.8, 4) is 23.0 Å². The standard InChI is InChI=1S/C22H19N3O2S/c1-26-19-13-11-18(12-14-19)25-21(20-10-5-15-27-20)23-24-22(25)28-16-6-9-17-7-3-2-4-8-17/h2-15H,16H2,1H3/b9-6+. The predicted molar refractivity (Wildman–Crippen MR) is 112 cm³/mol. The molecule has 2 aromatic heterocycles. The molecule has 0 aliphatic heterocycles. The van der Waals surface area contributed by atoms with E-state index in [0.717, 1.165) is 22.3 Å². The lowest BCUT2D eigenvalue weighted by atomic mass is 10.2. The van der Waals surface area contributed by atoms with Crippen molar-refractivity contribution >= 4 is 17.8 Å². The van der Waals surface area contributed by atoms with Crippen molar-refractivity contribution in [3.05, 3.63) is 84.6 Å². The number of methoxy groups -OCH3 is 1. The first-order chi connectivity index (χ1) is 13.8. The Balaban J connectivity index is 1.60. The van der Waals surface area contributed by atoms with E-state index < -0.39 is 0 Å². The van der Waals surface area contributed by atoms with Crippen molar-refractivity contribution in [1.29, 1.82) is 0 Å². The van der Waals surface area contributed by atoms with Crippen molar-refractivity contribution < 1.29 is 9.15 Å². The second kappa shape index (κ2) is 8.63. The van der Waals surface area contributed by atoms with Gasteiger partial charge in [0.2, 0.25) is 5.82 Å². The number of ether oxygens (including phenoxy) is 1. The molecule has 0 N–H and O–H groups in total. The minimum atomic E-state index is 0.671. The number of aromatic nitrogens is 3. The van der Waals surface area contributed by atoms with E-state index in [9.17, 15) is 0 Å². The van der Waals surface area contributed by atoms with Gasteiger partial charge in [-0.2, -0.15) is 0 Å². The third-order valence-corrected chi connectivity index (χ3v) is 5.01. The van der Waals surface area contributed by atoms with Gasteiger partial charge in [-0.05, 0) is 42.0 Å². The Morgan fingerprint density at radius 3 is 2.54 bits per heavy atom. The van der Waals surface area contributed by atoms with E-state index in [1.807, 2.05) is 59.2 Å². The maximum Gasteiger partial charge on any atom is 0.205 e. The fraction of sp³-hybridized carbons (Fsp3) is 0.0909. The summed E-state index contributed by atoms with van der Waals surface area (Å²) < 4.78 is 12.8. The summed E-state index contributed by atoms with van der Waals surface area (Å²) in [7, 11) is 1.66. The van der Waals surface area contributed by atoms with E-state index in [4.69, 9.17) is 9.15 Å². The van der Waals surface area contributed by atoms with Crippen LogP contribution in [0.5, 0.6) is 5.75 Å². The van der Waals surface area contributed by atoms with Crippen LogP contribution in [0.25, 0.3) is 23.3 Å². The molecule has 0 amide bonds. The summed E-state index contributed by atoms with van der Waals surface area (Å²) in [6, 6.07) is 21.8. The zero-order chi connectivity index (χ0) is 19.2. The van der Waals surface area contributed by atoms with E-state index in [0.29, 0.717) is 11.6 Å². The summed E-state index contributed by atoms with van der Waals surface area (Å²) in [5.74, 6) is 2.93. The van der Waals surface area contributed by atoms with Crippen LogP contribution in [0.2, 0.25) is 0 Å². The second-order valence-electron chi connectivity index (χ2n) is 5.94. The molecule has 4 aromatic rings. The molecule has 0 unspecified atom stereocenters. The first-order valence-corrected chi connectivity index (χ1v) is 9.82. The van der Waals surface area contributed by atoms with Crippen molar-refractivity contribution in [2.24, 2.45) is 0 Å². The highest BCUT2D eigenvalue weighted by Crippen LogP contribution is 2.29. The van der Waals surface area contributed by atoms with E-state index in [1.54, 1.807) is 25.1 Å². The van der Waals surface area contributed by atoms with Gasteiger partial charge in [-0.25, -0.2) is 0 Å². The molecule has 0 aliphatic carbocycles. The lowest BCUT2D eigenvalue weighted by molar-refractivity contribution is 0.414. The molecule has 6 heteroatoms. The number of benzene rings is 2. The maximum atomic E-state index is 5.55. The van der Waals surface area contributed by atoms with Gasteiger partial charge in [0.15, 0.2) is 10.9 Å².